The molecule has 0 spiro atoms. The highest BCUT2D eigenvalue weighted by Crippen LogP contribution is 2.69. The van der Waals surface area contributed by atoms with Gasteiger partial charge in [-0.25, -0.2) is 9.97 Å². The molecular weight excluding hydrogens is 303 g/mol. The molecule has 4 aliphatic rings. The molecule has 21 heavy (non-hydrogen) atoms. The lowest BCUT2D eigenvalue weighted by Gasteiger charge is -2.64. The number of rotatable bonds is 1. The molecule has 0 amide bonds. The van der Waals surface area contributed by atoms with E-state index < -0.39 is 0 Å². The summed E-state index contributed by atoms with van der Waals surface area (Å²) in [5, 5.41) is 1.05. The SMILES string of the molecule is Cc1c(Cl)nc(C23CC4CC(C)(CC(C)(C4)C2)C3)nc1Cl. The van der Waals surface area contributed by atoms with Gasteiger partial charge in [0, 0.05) is 11.0 Å². The van der Waals surface area contributed by atoms with E-state index in [0.717, 1.165) is 17.3 Å². The molecule has 4 fully saturated rings. The zero-order valence-corrected chi connectivity index (χ0v) is 14.5. The molecule has 1 aromatic heterocycles. The topological polar surface area (TPSA) is 25.8 Å². The van der Waals surface area contributed by atoms with Crippen molar-refractivity contribution in [1.82, 2.24) is 9.97 Å². The highest BCUT2D eigenvalue weighted by Gasteiger charge is 2.61. The molecule has 0 aromatic carbocycles. The second-order valence-electron chi connectivity index (χ2n) is 8.66. The van der Waals surface area contributed by atoms with Crippen LogP contribution < -0.4 is 0 Å². The molecule has 2 atom stereocenters. The van der Waals surface area contributed by atoms with E-state index in [1.807, 2.05) is 6.92 Å². The lowest BCUT2D eigenvalue weighted by Crippen LogP contribution is -2.57. The first-order valence-electron chi connectivity index (χ1n) is 7.93. The summed E-state index contributed by atoms with van der Waals surface area (Å²) >= 11 is 12.6. The minimum Gasteiger partial charge on any atom is -0.220 e. The summed E-state index contributed by atoms with van der Waals surface area (Å²) in [5.74, 6) is 1.73. The van der Waals surface area contributed by atoms with Gasteiger partial charge in [0.15, 0.2) is 0 Å². The van der Waals surface area contributed by atoms with Gasteiger partial charge in [0.25, 0.3) is 0 Å². The van der Waals surface area contributed by atoms with Crippen molar-refractivity contribution in [3.63, 3.8) is 0 Å². The van der Waals surface area contributed by atoms with Crippen LogP contribution in [-0.4, -0.2) is 9.97 Å². The first-order chi connectivity index (χ1) is 9.73. The molecular formula is C17H22Cl2N2. The Kier molecular flexibility index (Phi) is 2.81. The molecule has 1 aromatic rings. The standard InChI is InChI=1S/C17H22Cl2N2/c1-10-12(18)20-14(21-13(10)19)17-6-11-4-15(2,8-17)7-16(3,5-11)9-17/h11H,4-9H2,1-3H3. The Morgan fingerprint density at radius 1 is 0.905 bits per heavy atom. The Balaban J connectivity index is 1.84. The van der Waals surface area contributed by atoms with Crippen molar-refractivity contribution < 1.29 is 0 Å². The van der Waals surface area contributed by atoms with Crippen molar-refractivity contribution in [1.29, 1.82) is 0 Å². The third-order valence-electron chi connectivity index (χ3n) is 6.13. The summed E-state index contributed by atoms with van der Waals surface area (Å²) in [7, 11) is 0. The zero-order chi connectivity index (χ0) is 15.0. The van der Waals surface area contributed by atoms with Crippen molar-refractivity contribution in [3.8, 4) is 0 Å². The Morgan fingerprint density at radius 3 is 1.90 bits per heavy atom. The van der Waals surface area contributed by atoms with E-state index in [-0.39, 0.29) is 5.41 Å². The smallest absolute Gasteiger partial charge is 0.138 e. The van der Waals surface area contributed by atoms with Gasteiger partial charge in [-0.1, -0.05) is 37.0 Å². The average Bonchev–Trinajstić information content (AvgIpc) is 2.30. The fraction of sp³-hybridized carbons (Fsp3) is 0.765. The van der Waals surface area contributed by atoms with Crippen LogP contribution in [0.5, 0.6) is 0 Å². The van der Waals surface area contributed by atoms with Gasteiger partial charge in [-0.3, -0.25) is 0 Å². The molecule has 2 nitrogen and oxygen atoms in total. The summed E-state index contributed by atoms with van der Waals surface area (Å²) in [6.07, 6.45) is 7.71. The van der Waals surface area contributed by atoms with E-state index in [9.17, 15) is 0 Å². The fourth-order valence-electron chi connectivity index (χ4n) is 6.40. The largest absolute Gasteiger partial charge is 0.220 e. The van der Waals surface area contributed by atoms with Gasteiger partial charge in [-0.05, 0) is 62.2 Å². The van der Waals surface area contributed by atoms with E-state index >= 15 is 0 Å². The normalized spacial score (nSPS) is 44.3. The van der Waals surface area contributed by atoms with Crippen LogP contribution in [0.3, 0.4) is 0 Å². The highest BCUT2D eigenvalue weighted by atomic mass is 35.5. The second kappa shape index (κ2) is 4.14. The Bertz CT molecular complexity index is 586. The minimum atomic E-state index is 0.101. The maximum atomic E-state index is 6.29. The van der Waals surface area contributed by atoms with Crippen molar-refractivity contribution in [2.45, 2.75) is 64.7 Å². The molecule has 0 aliphatic heterocycles. The molecule has 4 aliphatic carbocycles. The van der Waals surface area contributed by atoms with Crippen LogP contribution in [0, 0.1) is 23.7 Å². The van der Waals surface area contributed by atoms with Crippen LogP contribution in [-0.2, 0) is 5.41 Å². The van der Waals surface area contributed by atoms with E-state index in [2.05, 4.69) is 23.8 Å². The summed E-state index contributed by atoms with van der Waals surface area (Å²) in [5.41, 5.74) is 1.79. The van der Waals surface area contributed by atoms with Crippen LogP contribution in [0.2, 0.25) is 10.3 Å². The minimum absolute atomic E-state index is 0.101. The molecule has 4 bridgehead atoms. The van der Waals surface area contributed by atoms with Gasteiger partial charge in [0.2, 0.25) is 0 Å². The number of hydrogen-bond donors (Lipinski definition) is 0. The maximum absolute atomic E-state index is 6.29. The van der Waals surface area contributed by atoms with Gasteiger partial charge < -0.3 is 0 Å². The first-order valence-corrected chi connectivity index (χ1v) is 8.69. The fourth-order valence-corrected chi connectivity index (χ4v) is 6.79. The van der Waals surface area contributed by atoms with Crippen LogP contribution >= 0.6 is 23.2 Å². The van der Waals surface area contributed by atoms with Crippen molar-refractivity contribution in [3.05, 3.63) is 21.7 Å². The predicted molar refractivity (Wildman–Crippen MR) is 85.9 cm³/mol. The van der Waals surface area contributed by atoms with Gasteiger partial charge >= 0.3 is 0 Å². The predicted octanol–water partition coefficient (Wildman–Crippen LogP) is 5.34. The Morgan fingerprint density at radius 2 is 1.43 bits per heavy atom. The third-order valence-corrected chi connectivity index (χ3v) is 6.86. The van der Waals surface area contributed by atoms with E-state index in [1.165, 1.54) is 38.5 Å². The lowest BCUT2D eigenvalue weighted by molar-refractivity contribution is -0.112. The molecule has 0 radical (unpaired) electrons. The number of halogens is 2. The third kappa shape index (κ3) is 2.05. The van der Waals surface area contributed by atoms with Crippen molar-refractivity contribution in [2.24, 2.45) is 16.7 Å². The monoisotopic (exact) mass is 324 g/mol. The second-order valence-corrected chi connectivity index (χ2v) is 9.38. The molecule has 1 heterocycles. The summed E-state index contributed by atoms with van der Waals surface area (Å²) in [4.78, 5) is 9.31. The average molecular weight is 325 g/mol. The lowest BCUT2D eigenvalue weighted by atomic mass is 9.40. The van der Waals surface area contributed by atoms with E-state index in [4.69, 9.17) is 23.2 Å². The van der Waals surface area contributed by atoms with Crippen LogP contribution in [0.15, 0.2) is 0 Å². The first kappa shape index (κ1) is 14.3. The van der Waals surface area contributed by atoms with E-state index in [0.29, 0.717) is 21.1 Å². The number of aromatic nitrogens is 2. The summed E-state index contributed by atoms with van der Waals surface area (Å²) in [6.45, 7) is 6.81. The van der Waals surface area contributed by atoms with Crippen molar-refractivity contribution >= 4 is 23.2 Å². The van der Waals surface area contributed by atoms with Crippen LogP contribution in [0.1, 0.15) is 63.8 Å². The summed E-state index contributed by atoms with van der Waals surface area (Å²) in [6, 6.07) is 0. The van der Waals surface area contributed by atoms with Gasteiger partial charge in [0.05, 0.1) is 0 Å². The Labute approximate surface area is 136 Å². The number of nitrogens with zero attached hydrogens (tertiary/aromatic N) is 2. The molecule has 0 saturated heterocycles. The molecule has 4 saturated carbocycles. The quantitative estimate of drug-likeness (QED) is 0.651. The van der Waals surface area contributed by atoms with Crippen molar-refractivity contribution in [2.75, 3.05) is 0 Å². The Hall–Kier alpha value is -0.340. The van der Waals surface area contributed by atoms with Crippen LogP contribution in [0.4, 0.5) is 0 Å². The zero-order valence-electron chi connectivity index (χ0n) is 13.0. The van der Waals surface area contributed by atoms with Crippen LogP contribution in [0.25, 0.3) is 0 Å². The molecule has 114 valence electrons. The summed E-state index contributed by atoms with van der Waals surface area (Å²) < 4.78 is 0. The van der Waals surface area contributed by atoms with Gasteiger partial charge in [-0.2, -0.15) is 0 Å². The molecule has 5 rings (SSSR count). The molecule has 2 unspecified atom stereocenters. The molecule has 0 N–H and O–H groups in total. The maximum Gasteiger partial charge on any atom is 0.138 e. The van der Waals surface area contributed by atoms with Gasteiger partial charge in [0.1, 0.15) is 16.1 Å². The molecule has 4 heteroatoms. The number of hydrogen-bond acceptors (Lipinski definition) is 2. The van der Waals surface area contributed by atoms with Gasteiger partial charge in [-0.15, -0.1) is 0 Å². The van der Waals surface area contributed by atoms with E-state index in [1.54, 1.807) is 0 Å². The highest BCUT2D eigenvalue weighted by molar-refractivity contribution is 6.34.